The van der Waals surface area contributed by atoms with Crippen molar-refractivity contribution < 1.29 is 9.66 Å². The molecule has 0 bridgehead atoms. The monoisotopic (exact) mass is 449 g/mol. The topological polar surface area (TPSA) is 52.4 Å². The molecule has 0 aliphatic carbocycles. The van der Waals surface area contributed by atoms with Crippen LogP contribution in [0.4, 0.5) is 5.69 Å². The first-order valence-corrected chi connectivity index (χ1v) is 11.5. The minimum atomic E-state index is -0.385. The van der Waals surface area contributed by atoms with Gasteiger partial charge in [0, 0.05) is 12.1 Å². The van der Waals surface area contributed by atoms with E-state index in [1.165, 1.54) is 28.8 Å². The highest BCUT2D eigenvalue weighted by atomic mass is 16.6. The Morgan fingerprint density at radius 1 is 0.636 bits per heavy atom. The van der Waals surface area contributed by atoms with Crippen LogP contribution in [0.2, 0.25) is 0 Å². The lowest BCUT2D eigenvalue weighted by molar-refractivity contribution is -0.384. The number of nitro groups is 1. The van der Waals surface area contributed by atoms with E-state index in [9.17, 15) is 10.1 Å². The lowest BCUT2D eigenvalue weighted by Gasteiger charge is -2.05. The minimum absolute atomic E-state index is 0.152. The summed E-state index contributed by atoms with van der Waals surface area (Å²) in [7, 11) is 1.68. The quantitative estimate of drug-likeness (QED) is 0.289. The van der Waals surface area contributed by atoms with Crippen molar-refractivity contribution in [3.05, 3.63) is 105 Å². The SMILES string of the molecule is CC(C)c1ccc([N+](=O)[O-])cc1.COc1ccc(C(C)C)cc1.Cc1ccc(C(C)C)cc1. The van der Waals surface area contributed by atoms with Crippen LogP contribution in [0.3, 0.4) is 0 Å². The molecular formula is C29H39NO3. The van der Waals surface area contributed by atoms with Crippen LogP contribution >= 0.6 is 0 Å². The summed E-state index contributed by atoms with van der Waals surface area (Å²) < 4.78 is 5.05. The molecule has 0 radical (unpaired) electrons. The van der Waals surface area contributed by atoms with Crippen LogP contribution < -0.4 is 4.74 Å². The molecule has 0 aromatic heterocycles. The summed E-state index contributed by atoms with van der Waals surface area (Å²) in [6, 6.07) is 23.6. The molecule has 0 unspecified atom stereocenters. The van der Waals surface area contributed by atoms with E-state index in [1.807, 2.05) is 12.1 Å². The predicted molar refractivity (Wildman–Crippen MR) is 140 cm³/mol. The zero-order valence-electron chi connectivity index (χ0n) is 21.3. The molecule has 0 fully saturated rings. The van der Waals surface area contributed by atoms with Gasteiger partial charge < -0.3 is 4.74 Å². The van der Waals surface area contributed by atoms with Crippen LogP contribution in [0.15, 0.2) is 72.8 Å². The molecule has 3 rings (SSSR count). The molecule has 0 saturated carbocycles. The summed E-state index contributed by atoms with van der Waals surface area (Å²) in [5, 5.41) is 10.3. The van der Waals surface area contributed by atoms with Crippen LogP contribution in [-0.4, -0.2) is 12.0 Å². The smallest absolute Gasteiger partial charge is 0.269 e. The average molecular weight is 450 g/mol. The first kappa shape index (κ1) is 27.9. The Hall–Kier alpha value is -3.14. The standard InChI is InChI=1S/C10H14O.C10H14.C9H11NO2/c1-8(2)9-4-6-10(11-3)7-5-9;1-8(2)10-6-4-9(3)5-7-10;1-7(2)8-3-5-9(6-4-8)10(11)12/h4-8H,1-3H3;4-8H,1-3H3;3-7H,1-2H3. The maximum Gasteiger partial charge on any atom is 0.269 e. The van der Waals surface area contributed by atoms with Gasteiger partial charge in [0.05, 0.1) is 12.0 Å². The zero-order chi connectivity index (χ0) is 25.0. The highest BCUT2D eigenvalue weighted by molar-refractivity contribution is 5.34. The molecular weight excluding hydrogens is 410 g/mol. The second-order valence-corrected chi connectivity index (χ2v) is 9.00. The van der Waals surface area contributed by atoms with E-state index in [2.05, 4.69) is 84.9 Å². The first-order valence-electron chi connectivity index (χ1n) is 11.5. The van der Waals surface area contributed by atoms with Gasteiger partial charge >= 0.3 is 0 Å². The normalized spacial score (nSPS) is 10.3. The second kappa shape index (κ2) is 14.1. The number of methoxy groups -OCH3 is 1. The summed E-state index contributed by atoms with van der Waals surface area (Å²) >= 11 is 0. The highest BCUT2D eigenvalue weighted by Gasteiger charge is 2.05. The Morgan fingerprint density at radius 2 is 0.970 bits per heavy atom. The molecule has 3 aromatic rings. The Balaban J connectivity index is 0.000000249. The molecule has 0 spiro atoms. The largest absolute Gasteiger partial charge is 0.497 e. The summed E-state index contributed by atoms with van der Waals surface area (Å²) in [5.74, 6) is 2.60. The van der Waals surface area contributed by atoms with E-state index in [-0.39, 0.29) is 10.6 Å². The van der Waals surface area contributed by atoms with Crippen LogP contribution in [0.25, 0.3) is 0 Å². The number of aryl methyl sites for hydroxylation is 1. The molecule has 0 heterocycles. The molecule has 0 aliphatic heterocycles. The number of hydrogen-bond donors (Lipinski definition) is 0. The summed E-state index contributed by atoms with van der Waals surface area (Å²) in [6.07, 6.45) is 0. The van der Waals surface area contributed by atoms with Crippen molar-refractivity contribution in [1.29, 1.82) is 0 Å². The van der Waals surface area contributed by atoms with Crippen molar-refractivity contribution in [2.75, 3.05) is 7.11 Å². The van der Waals surface area contributed by atoms with Crippen molar-refractivity contribution >= 4 is 5.69 Å². The van der Waals surface area contributed by atoms with E-state index in [1.54, 1.807) is 19.2 Å². The Bertz CT molecular complexity index is 942. The number of non-ortho nitro benzene ring substituents is 1. The number of benzene rings is 3. The van der Waals surface area contributed by atoms with E-state index in [4.69, 9.17) is 4.74 Å². The van der Waals surface area contributed by atoms with Gasteiger partial charge in [-0.05, 0) is 53.5 Å². The first-order chi connectivity index (χ1) is 15.5. The molecule has 0 atom stereocenters. The van der Waals surface area contributed by atoms with Crippen LogP contribution in [0.5, 0.6) is 5.75 Å². The van der Waals surface area contributed by atoms with Gasteiger partial charge in [0.1, 0.15) is 5.75 Å². The van der Waals surface area contributed by atoms with E-state index >= 15 is 0 Å². The van der Waals surface area contributed by atoms with Crippen molar-refractivity contribution in [2.45, 2.75) is 66.2 Å². The van der Waals surface area contributed by atoms with Crippen molar-refractivity contribution in [2.24, 2.45) is 0 Å². The summed E-state index contributed by atoms with van der Waals surface area (Å²) in [4.78, 5) is 9.90. The van der Waals surface area contributed by atoms with E-state index in [0.717, 1.165) is 11.3 Å². The summed E-state index contributed by atoms with van der Waals surface area (Å²) in [6.45, 7) is 15.0. The molecule has 3 aromatic carbocycles. The maximum absolute atomic E-state index is 10.3. The van der Waals surface area contributed by atoms with Gasteiger partial charge in [0.25, 0.3) is 5.69 Å². The number of ether oxygens (including phenoxy) is 1. The molecule has 0 aliphatic rings. The number of nitrogens with zero attached hydrogens (tertiary/aromatic N) is 1. The minimum Gasteiger partial charge on any atom is -0.497 e. The van der Waals surface area contributed by atoms with Gasteiger partial charge in [-0.3, -0.25) is 10.1 Å². The third kappa shape index (κ3) is 10.3. The number of nitro benzene ring substituents is 1. The molecule has 4 heteroatoms. The van der Waals surface area contributed by atoms with E-state index in [0.29, 0.717) is 17.8 Å². The molecule has 0 N–H and O–H groups in total. The fourth-order valence-electron chi connectivity index (χ4n) is 2.92. The van der Waals surface area contributed by atoms with E-state index < -0.39 is 0 Å². The third-order valence-electron chi connectivity index (χ3n) is 5.30. The van der Waals surface area contributed by atoms with Crippen LogP contribution in [0.1, 0.15) is 81.5 Å². The average Bonchev–Trinajstić information content (AvgIpc) is 2.80. The molecule has 33 heavy (non-hydrogen) atoms. The Kier molecular flexibility index (Phi) is 11.9. The van der Waals surface area contributed by atoms with Gasteiger partial charge in [-0.2, -0.15) is 0 Å². The molecule has 178 valence electrons. The molecule has 4 nitrogen and oxygen atoms in total. The van der Waals surface area contributed by atoms with Gasteiger partial charge in [-0.1, -0.05) is 95.6 Å². The lowest BCUT2D eigenvalue weighted by Crippen LogP contribution is -1.90. The van der Waals surface area contributed by atoms with Crippen molar-refractivity contribution in [1.82, 2.24) is 0 Å². The van der Waals surface area contributed by atoms with Gasteiger partial charge in [-0.25, -0.2) is 0 Å². The van der Waals surface area contributed by atoms with Crippen LogP contribution in [0, 0.1) is 17.0 Å². The fourth-order valence-corrected chi connectivity index (χ4v) is 2.92. The van der Waals surface area contributed by atoms with Gasteiger partial charge in [-0.15, -0.1) is 0 Å². The molecule has 0 saturated heterocycles. The fraction of sp³-hybridized carbons (Fsp3) is 0.379. The van der Waals surface area contributed by atoms with Crippen molar-refractivity contribution in [3.8, 4) is 5.75 Å². The van der Waals surface area contributed by atoms with Crippen molar-refractivity contribution in [3.63, 3.8) is 0 Å². The van der Waals surface area contributed by atoms with Gasteiger partial charge in [0.2, 0.25) is 0 Å². The summed E-state index contributed by atoms with van der Waals surface area (Å²) in [5.41, 5.74) is 5.39. The Labute approximate surface area is 199 Å². The lowest BCUT2D eigenvalue weighted by atomic mass is 10.0. The highest BCUT2D eigenvalue weighted by Crippen LogP contribution is 2.19. The van der Waals surface area contributed by atoms with Crippen LogP contribution in [-0.2, 0) is 0 Å². The third-order valence-corrected chi connectivity index (χ3v) is 5.30. The maximum atomic E-state index is 10.3. The predicted octanol–water partition coefficient (Wildman–Crippen LogP) is 8.66. The second-order valence-electron chi connectivity index (χ2n) is 9.00. The Morgan fingerprint density at radius 3 is 1.27 bits per heavy atom. The number of rotatable bonds is 5. The number of hydrogen-bond acceptors (Lipinski definition) is 3. The zero-order valence-corrected chi connectivity index (χ0v) is 21.3. The molecule has 0 amide bonds. The van der Waals surface area contributed by atoms with Gasteiger partial charge in [0.15, 0.2) is 0 Å².